The van der Waals surface area contributed by atoms with Gasteiger partial charge in [-0.25, -0.2) is 0 Å². The van der Waals surface area contributed by atoms with Gasteiger partial charge in [0.2, 0.25) is 0 Å². The first-order valence-electron chi connectivity index (χ1n) is 9.67. The van der Waals surface area contributed by atoms with E-state index in [2.05, 4.69) is 0 Å². The molecule has 1 spiro atoms. The van der Waals surface area contributed by atoms with Gasteiger partial charge in [0.25, 0.3) is 0 Å². The molecule has 0 aromatic heterocycles. The van der Waals surface area contributed by atoms with Crippen molar-refractivity contribution in [3.63, 3.8) is 0 Å². The summed E-state index contributed by atoms with van der Waals surface area (Å²) >= 11 is 0. The maximum atomic E-state index is 13.6. The van der Waals surface area contributed by atoms with E-state index >= 15 is 0 Å². The van der Waals surface area contributed by atoms with Gasteiger partial charge >= 0.3 is 5.97 Å². The van der Waals surface area contributed by atoms with Crippen molar-refractivity contribution in [1.82, 2.24) is 0 Å². The number of cyclic esters (lactones) is 1. The van der Waals surface area contributed by atoms with Crippen LogP contribution in [-0.4, -0.2) is 17.9 Å². The van der Waals surface area contributed by atoms with E-state index in [4.69, 9.17) is 4.74 Å². The Bertz CT molecular complexity index is 954. The van der Waals surface area contributed by atoms with Gasteiger partial charge < -0.3 is 4.74 Å². The van der Waals surface area contributed by atoms with Crippen molar-refractivity contribution in [1.29, 1.82) is 0 Å². The van der Waals surface area contributed by atoms with E-state index in [0.29, 0.717) is 12.8 Å². The molecule has 3 heteroatoms. The first-order valence-corrected chi connectivity index (χ1v) is 9.67. The van der Waals surface area contributed by atoms with Crippen molar-refractivity contribution in [3.05, 3.63) is 83.9 Å². The number of hydrogen-bond acceptors (Lipinski definition) is 3. The summed E-state index contributed by atoms with van der Waals surface area (Å²) < 4.78 is 5.84. The predicted octanol–water partition coefficient (Wildman–Crippen LogP) is 5.08. The van der Waals surface area contributed by atoms with Crippen LogP contribution in [0.25, 0.3) is 11.6 Å². The number of rotatable bonds is 3. The fourth-order valence-electron chi connectivity index (χ4n) is 4.34. The molecule has 142 valence electrons. The minimum Gasteiger partial charge on any atom is -0.457 e. The molecule has 0 bridgehead atoms. The molecule has 4 rings (SSSR count). The molecular formula is C25H24O3. The lowest BCUT2D eigenvalue weighted by molar-refractivity contribution is -0.179. The number of benzene rings is 2. The van der Waals surface area contributed by atoms with Gasteiger partial charge in [-0.05, 0) is 43.9 Å². The zero-order valence-electron chi connectivity index (χ0n) is 16.2. The van der Waals surface area contributed by atoms with Crippen molar-refractivity contribution in [2.75, 3.05) is 0 Å². The Hall–Kier alpha value is -2.94. The Balaban J connectivity index is 1.70. The Kier molecular flexibility index (Phi) is 4.54. The second kappa shape index (κ2) is 6.90. The molecule has 0 radical (unpaired) electrons. The standard InChI is InChI=1S/C25H24O3/c1-24(2)17-25(16-15-20(22(25)26)19-11-7-4-8-12-19)21(28-23(24)27)14-13-18-9-5-3-6-10-18/h3-15,21H,16-17H2,1-2H3/b14-13-/t21-,25+/m0/s1. The lowest BCUT2D eigenvalue weighted by Crippen LogP contribution is -2.52. The highest BCUT2D eigenvalue weighted by Crippen LogP contribution is 2.53. The number of hydrogen-bond donors (Lipinski definition) is 0. The van der Waals surface area contributed by atoms with Gasteiger partial charge in [-0.1, -0.05) is 72.8 Å². The van der Waals surface area contributed by atoms with Crippen molar-refractivity contribution in [2.24, 2.45) is 10.8 Å². The lowest BCUT2D eigenvalue weighted by Gasteiger charge is -2.44. The third kappa shape index (κ3) is 3.11. The van der Waals surface area contributed by atoms with Gasteiger partial charge in [0.15, 0.2) is 5.78 Å². The van der Waals surface area contributed by atoms with Gasteiger partial charge in [-0.3, -0.25) is 9.59 Å². The summed E-state index contributed by atoms with van der Waals surface area (Å²) in [5.74, 6) is -0.177. The minimum atomic E-state index is -0.742. The van der Waals surface area contributed by atoms with Crippen LogP contribution in [-0.2, 0) is 14.3 Å². The molecule has 1 aliphatic heterocycles. The Labute approximate surface area is 165 Å². The molecule has 0 unspecified atom stereocenters. The quantitative estimate of drug-likeness (QED) is 0.705. The molecule has 28 heavy (non-hydrogen) atoms. The van der Waals surface area contributed by atoms with E-state index in [9.17, 15) is 9.59 Å². The molecule has 1 fully saturated rings. The molecule has 2 aromatic rings. The van der Waals surface area contributed by atoms with Crippen molar-refractivity contribution >= 4 is 23.4 Å². The molecule has 1 heterocycles. The number of carbonyl (C=O) groups excluding carboxylic acids is 2. The third-order valence-corrected chi connectivity index (χ3v) is 5.80. The molecular weight excluding hydrogens is 348 g/mol. The van der Waals surface area contributed by atoms with Gasteiger partial charge in [0, 0.05) is 5.57 Å². The highest BCUT2D eigenvalue weighted by atomic mass is 16.5. The predicted molar refractivity (Wildman–Crippen MR) is 110 cm³/mol. The summed E-state index contributed by atoms with van der Waals surface area (Å²) in [7, 11) is 0. The van der Waals surface area contributed by atoms with E-state index in [1.54, 1.807) is 0 Å². The molecule has 3 nitrogen and oxygen atoms in total. The molecule has 2 aromatic carbocycles. The van der Waals surface area contributed by atoms with Crippen LogP contribution in [0.2, 0.25) is 0 Å². The summed E-state index contributed by atoms with van der Waals surface area (Å²) in [6, 6.07) is 19.6. The van der Waals surface area contributed by atoms with E-state index in [-0.39, 0.29) is 11.8 Å². The van der Waals surface area contributed by atoms with Crippen LogP contribution in [0.15, 0.2) is 72.8 Å². The van der Waals surface area contributed by atoms with E-state index in [0.717, 1.165) is 16.7 Å². The number of Topliss-reactive ketones (excluding diaryl/α,β-unsaturated/α-hetero) is 1. The fourth-order valence-corrected chi connectivity index (χ4v) is 4.34. The highest BCUT2D eigenvalue weighted by Gasteiger charge is 2.58. The largest absolute Gasteiger partial charge is 0.457 e. The molecule has 0 saturated carbocycles. The molecule has 0 N–H and O–H groups in total. The number of ketones is 1. The third-order valence-electron chi connectivity index (χ3n) is 5.80. The summed E-state index contributed by atoms with van der Waals surface area (Å²) in [6.07, 6.45) is 6.31. The summed E-state index contributed by atoms with van der Waals surface area (Å²) in [5, 5.41) is 0. The Morgan fingerprint density at radius 3 is 2.29 bits per heavy atom. The van der Waals surface area contributed by atoms with Crippen LogP contribution in [0.4, 0.5) is 0 Å². The van der Waals surface area contributed by atoms with Gasteiger partial charge in [-0.2, -0.15) is 0 Å². The molecule has 2 atom stereocenters. The van der Waals surface area contributed by atoms with E-state index < -0.39 is 16.9 Å². The van der Waals surface area contributed by atoms with Crippen LogP contribution < -0.4 is 0 Å². The van der Waals surface area contributed by atoms with E-state index in [1.807, 2.05) is 92.7 Å². The van der Waals surface area contributed by atoms with Crippen LogP contribution in [0, 0.1) is 10.8 Å². The zero-order valence-corrected chi connectivity index (χ0v) is 16.2. The number of allylic oxidation sites excluding steroid dienone is 2. The Morgan fingerprint density at radius 1 is 0.964 bits per heavy atom. The summed E-state index contributed by atoms with van der Waals surface area (Å²) in [4.78, 5) is 26.2. The zero-order chi connectivity index (χ0) is 19.8. The average Bonchev–Trinajstić information content (AvgIpc) is 3.01. The first-order chi connectivity index (χ1) is 13.4. The average molecular weight is 372 g/mol. The topological polar surface area (TPSA) is 43.4 Å². The van der Waals surface area contributed by atoms with Crippen LogP contribution in [0.1, 0.15) is 37.8 Å². The monoisotopic (exact) mass is 372 g/mol. The second-order valence-electron chi connectivity index (χ2n) is 8.33. The van der Waals surface area contributed by atoms with Crippen molar-refractivity contribution in [2.45, 2.75) is 32.8 Å². The van der Waals surface area contributed by atoms with Crippen molar-refractivity contribution < 1.29 is 14.3 Å². The lowest BCUT2D eigenvalue weighted by atomic mass is 9.64. The van der Waals surface area contributed by atoms with Gasteiger partial charge in [0.05, 0.1) is 10.8 Å². The Morgan fingerprint density at radius 2 is 1.61 bits per heavy atom. The maximum absolute atomic E-state index is 13.6. The van der Waals surface area contributed by atoms with Gasteiger partial charge in [0.1, 0.15) is 6.10 Å². The molecule has 0 amide bonds. The second-order valence-corrected chi connectivity index (χ2v) is 8.33. The molecule has 2 aliphatic rings. The fraction of sp³-hybridized carbons (Fsp3) is 0.280. The number of esters is 1. The number of carbonyl (C=O) groups is 2. The smallest absolute Gasteiger partial charge is 0.312 e. The number of ether oxygens (including phenoxy) is 1. The van der Waals surface area contributed by atoms with Crippen LogP contribution >= 0.6 is 0 Å². The minimum absolute atomic E-state index is 0.0713. The van der Waals surface area contributed by atoms with Crippen LogP contribution in [0.3, 0.4) is 0 Å². The van der Waals surface area contributed by atoms with Gasteiger partial charge in [-0.15, -0.1) is 0 Å². The SMILES string of the molecule is CC1(C)C[C@]2(CC=C(c3ccccc3)C2=O)[C@H](/C=C\c2ccccc2)OC1=O. The highest BCUT2D eigenvalue weighted by molar-refractivity contribution is 6.26. The molecule has 1 saturated heterocycles. The van der Waals surface area contributed by atoms with E-state index in [1.165, 1.54) is 0 Å². The summed E-state index contributed by atoms with van der Waals surface area (Å²) in [6.45, 7) is 3.73. The van der Waals surface area contributed by atoms with Crippen molar-refractivity contribution in [3.8, 4) is 0 Å². The first kappa shape index (κ1) is 18.4. The maximum Gasteiger partial charge on any atom is 0.312 e. The molecule has 1 aliphatic carbocycles. The normalized spacial score (nSPS) is 26.5. The van der Waals surface area contributed by atoms with Crippen LogP contribution in [0.5, 0.6) is 0 Å². The summed E-state index contributed by atoms with van der Waals surface area (Å²) in [5.41, 5.74) is 1.23.